The zero-order valence-electron chi connectivity index (χ0n) is 13.6. The van der Waals surface area contributed by atoms with E-state index in [1.54, 1.807) is 24.9 Å². The summed E-state index contributed by atoms with van der Waals surface area (Å²) < 4.78 is 15.8. The first kappa shape index (κ1) is 15.9. The molecule has 0 saturated carbocycles. The highest BCUT2D eigenvalue weighted by Crippen LogP contribution is 2.28. The average molecular weight is 330 g/mol. The Bertz CT molecular complexity index is 759. The molecule has 2 aromatic rings. The van der Waals surface area contributed by atoms with Crippen LogP contribution < -0.4 is 4.90 Å². The first-order valence-corrected chi connectivity index (χ1v) is 10.1. The highest BCUT2D eigenvalue weighted by atomic mass is 32.2. The summed E-state index contributed by atoms with van der Waals surface area (Å²) >= 11 is 0. The summed E-state index contributed by atoms with van der Waals surface area (Å²) in [7, 11) is -2.18. The van der Waals surface area contributed by atoms with Crippen molar-refractivity contribution >= 4 is 21.4 Å². The second-order valence-corrected chi connectivity index (χ2v) is 8.75. The van der Waals surface area contributed by atoms with Gasteiger partial charge in [-0.25, -0.2) is 14.2 Å². The maximum absolute atomic E-state index is 11.7. The van der Waals surface area contributed by atoms with Gasteiger partial charge in [0, 0.05) is 41.2 Å². The predicted octanol–water partition coefficient (Wildman–Crippen LogP) is 3.22. The highest BCUT2D eigenvalue weighted by molar-refractivity contribution is 7.92. The van der Waals surface area contributed by atoms with E-state index in [9.17, 15) is 4.21 Å². The lowest BCUT2D eigenvalue weighted by Crippen LogP contribution is -2.35. The second kappa shape index (κ2) is 6.66. The van der Waals surface area contributed by atoms with E-state index in [0.717, 1.165) is 25.5 Å². The van der Waals surface area contributed by atoms with Crippen LogP contribution in [0.4, 0.5) is 11.6 Å². The van der Waals surface area contributed by atoms with Crippen LogP contribution >= 0.6 is 0 Å². The summed E-state index contributed by atoms with van der Waals surface area (Å²) in [6, 6.07) is 10.6. The Labute approximate surface area is 138 Å². The van der Waals surface area contributed by atoms with Crippen LogP contribution in [0.15, 0.2) is 47.1 Å². The van der Waals surface area contributed by atoms with Crippen LogP contribution in [0.5, 0.6) is 0 Å². The van der Waals surface area contributed by atoms with Crippen molar-refractivity contribution in [3.63, 3.8) is 0 Å². The number of nitrogens with zero attached hydrogens (tertiary/aromatic N) is 4. The van der Waals surface area contributed by atoms with E-state index in [1.807, 2.05) is 0 Å². The van der Waals surface area contributed by atoms with Crippen molar-refractivity contribution in [2.24, 2.45) is 4.36 Å². The van der Waals surface area contributed by atoms with Gasteiger partial charge >= 0.3 is 0 Å². The van der Waals surface area contributed by atoms with Crippen LogP contribution in [0.2, 0.25) is 0 Å². The molecule has 6 heteroatoms. The van der Waals surface area contributed by atoms with Gasteiger partial charge in [0.05, 0.1) is 12.4 Å². The molecular weight excluding hydrogens is 308 g/mol. The van der Waals surface area contributed by atoms with Gasteiger partial charge in [-0.3, -0.25) is 0 Å². The van der Waals surface area contributed by atoms with Crippen LogP contribution in [0.25, 0.3) is 0 Å². The van der Waals surface area contributed by atoms with E-state index in [-0.39, 0.29) is 0 Å². The minimum absolute atomic E-state index is 0.517. The molecule has 0 radical (unpaired) electrons. The van der Waals surface area contributed by atoms with E-state index in [0.29, 0.717) is 11.6 Å². The van der Waals surface area contributed by atoms with Crippen molar-refractivity contribution in [2.45, 2.75) is 18.8 Å². The van der Waals surface area contributed by atoms with Crippen molar-refractivity contribution < 1.29 is 4.21 Å². The molecule has 3 rings (SSSR count). The zero-order valence-corrected chi connectivity index (χ0v) is 14.4. The number of aromatic nitrogens is 2. The first-order chi connectivity index (χ1) is 11.0. The summed E-state index contributed by atoms with van der Waals surface area (Å²) in [5.41, 5.74) is 1.95. The average Bonchev–Trinajstić information content (AvgIpc) is 2.55. The number of hydrogen-bond acceptors (Lipinski definition) is 5. The fourth-order valence-electron chi connectivity index (χ4n) is 2.93. The van der Waals surface area contributed by atoms with E-state index in [1.165, 1.54) is 12.0 Å². The molecule has 2 heterocycles. The molecule has 0 N–H and O–H groups in total. The summed E-state index contributed by atoms with van der Waals surface area (Å²) in [4.78, 5) is 11.0. The summed E-state index contributed by atoms with van der Waals surface area (Å²) in [6.07, 6.45) is 8.85. The van der Waals surface area contributed by atoms with Gasteiger partial charge < -0.3 is 4.90 Å². The molecule has 5 nitrogen and oxygen atoms in total. The molecule has 0 bridgehead atoms. The van der Waals surface area contributed by atoms with Gasteiger partial charge in [-0.2, -0.15) is 4.36 Å². The van der Waals surface area contributed by atoms with E-state index < -0.39 is 9.73 Å². The molecule has 1 fully saturated rings. The number of anilines is 1. The van der Waals surface area contributed by atoms with Crippen molar-refractivity contribution in [3.8, 4) is 0 Å². The predicted molar refractivity (Wildman–Crippen MR) is 94.7 cm³/mol. The lowest BCUT2D eigenvalue weighted by atomic mass is 9.91. The number of piperidine rings is 1. The largest absolute Gasteiger partial charge is 0.340 e. The molecule has 0 amide bonds. The van der Waals surface area contributed by atoms with Gasteiger partial charge in [-0.1, -0.05) is 30.3 Å². The number of hydrogen-bond donors (Lipinski definition) is 0. The molecule has 1 aromatic carbocycles. The molecule has 1 unspecified atom stereocenters. The normalized spacial score (nSPS) is 18.7. The van der Waals surface area contributed by atoms with Gasteiger partial charge in [0.15, 0.2) is 0 Å². The lowest BCUT2D eigenvalue weighted by molar-refractivity contribution is 0.503. The van der Waals surface area contributed by atoms with Crippen LogP contribution in [0.3, 0.4) is 0 Å². The summed E-state index contributed by atoms with van der Waals surface area (Å²) in [6.45, 7) is 1.90. The van der Waals surface area contributed by atoms with Crippen molar-refractivity contribution in [3.05, 3.63) is 48.3 Å². The smallest absolute Gasteiger partial charge is 0.225 e. The van der Waals surface area contributed by atoms with Gasteiger partial charge in [0.1, 0.15) is 5.69 Å². The third-order valence-electron chi connectivity index (χ3n) is 3.93. The Kier molecular flexibility index (Phi) is 4.61. The van der Waals surface area contributed by atoms with Crippen molar-refractivity contribution in [1.29, 1.82) is 0 Å². The fraction of sp³-hybridized carbons (Fsp3) is 0.412. The molecule has 1 saturated heterocycles. The molecular formula is C17H22N4OS. The van der Waals surface area contributed by atoms with Crippen LogP contribution in [-0.4, -0.2) is 39.8 Å². The molecule has 1 atom stereocenters. The maximum Gasteiger partial charge on any atom is 0.225 e. The topological polar surface area (TPSA) is 58.5 Å². The van der Waals surface area contributed by atoms with Crippen molar-refractivity contribution in [2.75, 3.05) is 30.5 Å². The first-order valence-electron chi connectivity index (χ1n) is 7.80. The Morgan fingerprint density at radius 3 is 2.52 bits per heavy atom. The SMILES string of the molecule is CS(C)(=O)=Nc1cnc(N2CCCC(c3ccccc3)C2)nc1. The lowest BCUT2D eigenvalue weighted by Gasteiger charge is -2.33. The molecule has 1 aliphatic rings. The molecule has 122 valence electrons. The van der Waals surface area contributed by atoms with E-state index in [2.05, 4.69) is 49.6 Å². The monoisotopic (exact) mass is 330 g/mol. The minimum atomic E-state index is -2.18. The van der Waals surface area contributed by atoms with Crippen LogP contribution in [0.1, 0.15) is 24.3 Å². The third-order valence-corrected chi connectivity index (χ3v) is 4.58. The Hall–Kier alpha value is -1.95. The van der Waals surface area contributed by atoms with Crippen LogP contribution in [0, 0.1) is 0 Å². The van der Waals surface area contributed by atoms with Gasteiger partial charge in [0.2, 0.25) is 5.95 Å². The Morgan fingerprint density at radius 1 is 1.17 bits per heavy atom. The highest BCUT2D eigenvalue weighted by Gasteiger charge is 2.22. The second-order valence-electron chi connectivity index (χ2n) is 6.21. The Morgan fingerprint density at radius 2 is 1.87 bits per heavy atom. The summed E-state index contributed by atoms with van der Waals surface area (Å²) in [5.74, 6) is 1.24. The van der Waals surface area contributed by atoms with E-state index in [4.69, 9.17) is 0 Å². The van der Waals surface area contributed by atoms with Crippen molar-refractivity contribution in [1.82, 2.24) is 9.97 Å². The summed E-state index contributed by atoms with van der Waals surface area (Å²) in [5, 5.41) is 0. The quantitative estimate of drug-likeness (QED) is 0.867. The minimum Gasteiger partial charge on any atom is -0.340 e. The third kappa shape index (κ3) is 4.28. The zero-order chi connectivity index (χ0) is 16.3. The molecule has 0 spiro atoms. The molecule has 0 aliphatic carbocycles. The van der Waals surface area contributed by atoms with Crippen LogP contribution in [-0.2, 0) is 9.73 Å². The van der Waals surface area contributed by atoms with Gasteiger partial charge in [-0.05, 0) is 18.4 Å². The Balaban J connectivity index is 1.75. The van der Waals surface area contributed by atoms with Gasteiger partial charge in [0.25, 0.3) is 0 Å². The van der Waals surface area contributed by atoms with Gasteiger partial charge in [-0.15, -0.1) is 0 Å². The van der Waals surface area contributed by atoms with E-state index >= 15 is 0 Å². The molecule has 23 heavy (non-hydrogen) atoms. The molecule has 1 aromatic heterocycles. The standard InChI is InChI=1S/C17H22N4OS/c1-23(2,22)20-16-11-18-17(19-12-16)21-10-6-9-15(13-21)14-7-4-3-5-8-14/h3-5,7-8,11-12,15H,6,9-10,13H2,1-2H3. The number of rotatable bonds is 3. The fourth-order valence-corrected chi connectivity index (χ4v) is 3.54. The number of benzene rings is 1. The maximum atomic E-state index is 11.7. The molecule has 1 aliphatic heterocycles.